The fourth-order valence-corrected chi connectivity index (χ4v) is 2.67. The molecule has 0 aromatic heterocycles. The second-order valence-corrected chi connectivity index (χ2v) is 5.76. The molecule has 6 heteroatoms. The lowest BCUT2D eigenvalue weighted by atomic mass is 10.1. The van der Waals surface area contributed by atoms with Gasteiger partial charge in [0, 0.05) is 0 Å². The molecule has 2 amide bonds. The first-order chi connectivity index (χ1) is 11.2. The number of ether oxygens (including phenoxy) is 1. The highest BCUT2D eigenvalue weighted by Gasteiger charge is 2.08. The molecule has 1 aromatic carbocycles. The molecule has 3 N–H and O–H groups in total. The van der Waals surface area contributed by atoms with E-state index in [1.54, 1.807) is 0 Å². The van der Waals surface area contributed by atoms with Crippen LogP contribution in [0.1, 0.15) is 37.7 Å². The van der Waals surface area contributed by atoms with Crippen molar-refractivity contribution in [1.29, 1.82) is 0 Å². The Hall–Kier alpha value is -2.08. The Morgan fingerprint density at radius 2 is 2.13 bits per heavy atom. The van der Waals surface area contributed by atoms with E-state index in [1.807, 2.05) is 24.3 Å². The minimum atomic E-state index is -0.678. The molecule has 0 unspecified atom stereocenters. The van der Waals surface area contributed by atoms with Crippen molar-refractivity contribution in [1.82, 2.24) is 10.3 Å². The monoisotopic (exact) mass is 318 g/mol. The maximum absolute atomic E-state index is 10.5. The van der Waals surface area contributed by atoms with Crippen molar-refractivity contribution in [3.05, 3.63) is 29.8 Å². The van der Waals surface area contributed by atoms with Crippen LogP contribution in [0.15, 0.2) is 29.4 Å². The number of urea groups is 1. The maximum atomic E-state index is 10.5. The van der Waals surface area contributed by atoms with Crippen molar-refractivity contribution >= 4 is 12.2 Å². The summed E-state index contributed by atoms with van der Waals surface area (Å²) in [5.41, 5.74) is 7.96. The quantitative estimate of drug-likeness (QED) is 0.438. The Bertz CT molecular complexity index is 513. The summed E-state index contributed by atoms with van der Waals surface area (Å²) >= 11 is 0. The summed E-state index contributed by atoms with van der Waals surface area (Å²) in [5.74, 6) is 0.811. The highest BCUT2D eigenvalue weighted by atomic mass is 16.5. The first-order valence-corrected chi connectivity index (χ1v) is 8.28. The number of nitrogens with one attached hydrogen (secondary N) is 1. The van der Waals surface area contributed by atoms with Gasteiger partial charge in [-0.15, -0.1) is 0 Å². The number of hydrogen-bond donors (Lipinski definition) is 2. The number of nitrogens with two attached hydrogens (primary N) is 1. The van der Waals surface area contributed by atoms with Crippen LogP contribution in [-0.2, 0) is 0 Å². The molecular weight excluding hydrogens is 292 g/mol. The van der Waals surface area contributed by atoms with Gasteiger partial charge in [0.2, 0.25) is 0 Å². The number of primary amides is 1. The van der Waals surface area contributed by atoms with E-state index in [4.69, 9.17) is 10.5 Å². The minimum absolute atomic E-state index is 0.678. The summed E-state index contributed by atoms with van der Waals surface area (Å²) in [6.45, 7) is 4.39. The second-order valence-electron chi connectivity index (χ2n) is 5.76. The zero-order valence-electron chi connectivity index (χ0n) is 13.5. The van der Waals surface area contributed by atoms with Gasteiger partial charge in [0.05, 0.1) is 12.8 Å². The summed E-state index contributed by atoms with van der Waals surface area (Å²) in [5, 5.41) is 3.73. The molecule has 2 rings (SSSR count). The summed E-state index contributed by atoms with van der Waals surface area (Å²) in [7, 11) is 0. The molecule has 0 spiro atoms. The molecular formula is C17H26N4O2. The molecule has 1 saturated heterocycles. The van der Waals surface area contributed by atoms with Crippen LogP contribution in [0.4, 0.5) is 4.79 Å². The van der Waals surface area contributed by atoms with Crippen LogP contribution < -0.4 is 15.9 Å². The van der Waals surface area contributed by atoms with Crippen LogP contribution in [0.5, 0.6) is 5.75 Å². The number of hydrazone groups is 1. The maximum Gasteiger partial charge on any atom is 0.332 e. The van der Waals surface area contributed by atoms with Gasteiger partial charge in [0.25, 0.3) is 0 Å². The number of unbranched alkanes of at least 4 members (excludes halogenated alkanes) is 1. The standard InChI is InChI=1S/C17H26N4O2/c18-17(22)20-19-14-15-7-6-8-16(13-15)23-12-5-4-11-21-9-2-1-3-10-21/h6-8,13-14H,1-5,9-12H2,(H3,18,20,22). The Morgan fingerprint density at radius 1 is 1.30 bits per heavy atom. The highest BCUT2D eigenvalue weighted by Crippen LogP contribution is 2.13. The number of nitrogens with zero attached hydrogens (tertiary/aromatic N) is 2. The van der Waals surface area contributed by atoms with Crippen molar-refractivity contribution < 1.29 is 9.53 Å². The van der Waals surface area contributed by atoms with E-state index in [-0.39, 0.29) is 0 Å². The molecule has 0 radical (unpaired) electrons. The summed E-state index contributed by atoms with van der Waals surface area (Å²) in [6.07, 6.45) is 7.83. The lowest BCUT2D eigenvalue weighted by Gasteiger charge is -2.26. The topological polar surface area (TPSA) is 80.0 Å². The smallest absolute Gasteiger partial charge is 0.332 e. The van der Waals surface area contributed by atoms with Gasteiger partial charge < -0.3 is 15.4 Å². The second kappa shape index (κ2) is 9.84. The van der Waals surface area contributed by atoms with Crippen molar-refractivity contribution in [2.24, 2.45) is 10.8 Å². The van der Waals surface area contributed by atoms with Gasteiger partial charge in [0.15, 0.2) is 0 Å². The molecule has 1 aliphatic heterocycles. The molecule has 0 atom stereocenters. The van der Waals surface area contributed by atoms with Crippen LogP contribution in [0.3, 0.4) is 0 Å². The third kappa shape index (κ3) is 7.15. The number of piperidine rings is 1. The Balaban J connectivity index is 1.65. The Labute approximate surface area is 137 Å². The minimum Gasteiger partial charge on any atom is -0.494 e. The van der Waals surface area contributed by atoms with E-state index in [0.717, 1.165) is 17.7 Å². The van der Waals surface area contributed by atoms with Gasteiger partial charge in [-0.05, 0) is 63.0 Å². The highest BCUT2D eigenvalue weighted by molar-refractivity contribution is 5.81. The summed E-state index contributed by atoms with van der Waals surface area (Å²) in [6, 6.07) is 6.91. The number of amides is 2. The first kappa shape index (κ1) is 17.3. The molecule has 0 saturated carbocycles. The summed E-state index contributed by atoms with van der Waals surface area (Å²) in [4.78, 5) is 13.1. The lowest BCUT2D eigenvalue weighted by molar-refractivity contribution is 0.216. The fourth-order valence-electron chi connectivity index (χ4n) is 2.67. The first-order valence-electron chi connectivity index (χ1n) is 8.28. The van der Waals surface area contributed by atoms with Gasteiger partial charge in [-0.1, -0.05) is 18.6 Å². The Morgan fingerprint density at radius 3 is 2.91 bits per heavy atom. The zero-order valence-corrected chi connectivity index (χ0v) is 13.5. The largest absolute Gasteiger partial charge is 0.494 e. The third-order valence-corrected chi connectivity index (χ3v) is 3.83. The molecule has 0 bridgehead atoms. The molecule has 1 aliphatic rings. The lowest BCUT2D eigenvalue weighted by Crippen LogP contribution is -2.30. The molecule has 1 fully saturated rings. The Kier molecular flexibility index (Phi) is 7.39. The summed E-state index contributed by atoms with van der Waals surface area (Å²) < 4.78 is 5.77. The van der Waals surface area contributed by atoms with Crippen LogP contribution >= 0.6 is 0 Å². The number of rotatable bonds is 8. The average Bonchev–Trinajstić information content (AvgIpc) is 2.56. The van der Waals surface area contributed by atoms with Crippen molar-refractivity contribution in [3.63, 3.8) is 0 Å². The van der Waals surface area contributed by atoms with E-state index in [0.29, 0.717) is 6.61 Å². The predicted octanol–water partition coefficient (Wildman–Crippen LogP) is 2.33. The fraction of sp³-hybridized carbons (Fsp3) is 0.529. The molecule has 0 aliphatic carbocycles. The van der Waals surface area contributed by atoms with E-state index < -0.39 is 6.03 Å². The molecule has 126 valence electrons. The van der Waals surface area contributed by atoms with Crippen molar-refractivity contribution in [2.45, 2.75) is 32.1 Å². The number of carbonyl (C=O) groups excluding carboxylic acids is 1. The number of hydrogen-bond acceptors (Lipinski definition) is 4. The predicted molar refractivity (Wildman–Crippen MR) is 91.8 cm³/mol. The van der Waals surface area contributed by atoms with Crippen LogP contribution in [-0.4, -0.2) is 43.4 Å². The molecule has 1 heterocycles. The van der Waals surface area contributed by atoms with Gasteiger partial charge >= 0.3 is 6.03 Å². The third-order valence-electron chi connectivity index (χ3n) is 3.83. The van der Waals surface area contributed by atoms with Crippen LogP contribution in [0.25, 0.3) is 0 Å². The van der Waals surface area contributed by atoms with Crippen LogP contribution in [0, 0.1) is 0 Å². The van der Waals surface area contributed by atoms with Gasteiger partial charge in [-0.2, -0.15) is 5.10 Å². The molecule has 23 heavy (non-hydrogen) atoms. The van der Waals surface area contributed by atoms with Gasteiger partial charge in [0.1, 0.15) is 5.75 Å². The number of likely N-dealkylation sites (tertiary alicyclic amines) is 1. The zero-order chi connectivity index (χ0) is 16.3. The average molecular weight is 318 g/mol. The van der Waals surface area contributed by atoms with Crippen molar-refractivity contribution in [3.8, 4) is 5.75 Å². The SMILES string of the molecule is NC(=O)NN=Cc1cccc(OCCCCN2CCCCC2)c1. The number of benzene rings is 1. The molecule has 1 aromatic rings. The number of carbonyl (C=O) groups is 1. The van der Waals surface area contributed by atoms with Crippen LogP contribution in [0.2, 0.25) is 0 Å². The molecule has 6 nitrogen and oxygen atoms in total. The normalized spacial score (nSPS) is 15.7. The van der Waals surface area contributed by atoms with E-state index in [1.165, 1.54) is 51.5 Å². The van der Waals surface area contributed by atoms with E-state index in [9.17, 15) is 4.79 Å². The van der Waals surface area contributed by atoms with Gasteiger partial charge in [-0.3, -0.25) is 0 Å². The van der Waals surface area contributed by atoms with E-state index >= 15 is 0 Å². The van der Waals surface area contributed by atoms with Gasteiger partial charge in [-0.25, -0.2) is 10.2 Å². The van der Waals surface area contributed by atoms with E-state index in [2.05, 4.69) is 15.4 Å². The van der Waals surface area contributed by atoms with Crippen molar-refractivity contribution in [2.75, 3.05) is 26.2 Å².